The van der Waals surface area contributed by atoms with Crippen LogP contribution in [0, 0.1) is 0 Å². The Morgan fingerprint density at radius 1 is 1.32 bits per heavy atom. The molecule has 3 heterocycles. The SMILES string of the molecule is CN1Cc2cc(Nc3ncc4c(n3)CNCC4)ccc2C1=O. The van der Waals surface area contributed by atoms with Gasteiger partial charge in [0.25, 0.3) is 5.91 Å². The molecule has 1 aromatic heterocycles. The molecule has 6 heteroatoms. The number of hydrogen-bond acceptors (Lipinski definition) is 5. The Labute approximate surface area is 128 Å². The summed E-state index contributed by atoms with van der Waals surface area (Å²) in [6.07, 6.45) is 2.87. The van der Waals surface area contributed by atoms with Crippen molar-refractivity contribution in [2.24, 2.45) is 0 Å². The van der Waals surface area contributed by atoms with Crippen LogP contribution < -0.4 is 10.6 Å². The summed E-state index contributed by atoms with van der Waals surface area (Å²) in [6.45, 7) is 2.42. The van der Waals surface area contributed by atoms with Crippen LogP contribution in [0.1, 0.15) is 27.2 Å². The van der Waals surface area contributed by atoms with Crippen LogP contribution in [-0.4, -0.2) is 34.4 Å². The lowest BCUT2D eigenvalue weighted by atomic mass is 10.1. The van der Waals surface area contributed by atoms with Crippen LogP contribution in [0.5, 0.6) is 0 Å². The highest BCUT2D eigenvalue weighted by Crippen LogP contribution is 2.26. The maximum atomic E-state index is 11.9. The first-order valence-electron chi connectivity index (χ1n) is 7.41. The summed E-state index contributed by atoms with van der Waals surface area (Å²) in [5.41, 5.74) is 5.00. The van der Waals surface area contributed by atoms with E-state index in [0.29, 0.717) is 12.5 Å². The third kappa shape index (κ3) is 2.21. The molecule has 2 N–H and O–H groups in total. The largest absolute Gasteiger partial charge is 0.337 e. The molecule has 6 nitrogen and oxygen atoms in total. The third-order valence-electron chi connectivity index (χ3n) is 4.16. The molecule has 0 saturated carbocycles. The average molecular weight is 295 g/mol. The number of aromatic nitrogens is 2. The maximum Gasteiger partial charge on any atom is 0.254 e. The van der Waals surface area contributed by atoms with Gasteiger partial charge in [0.2, 0.25) is 5.95 Å². The average Bonchev–Trinajstić information content (AvgIpc) is 2.81. The molecule has 0 spiro atoms. The van der Waals surface area contributed by atoms with E-state index in [1.807, 2.05) is 31.4 Å². The van der Waals surface area contributed by atoms with Crippen LogP contribution in [0.2, 0.25) is 0 Å². The fourth-order valence-corrected chi connectivity index (χ4v) is 2.97. The number of carbonyl (C=O) groups is 1. The van der Waals surface area contributed by atoms with Crippen LogP contribution in [0.15, 0.2) is 24.4 Å². The molecule has 1 amide bonds. The predicted octanol–water partition coefficient (Wildman–Crippen LogP) is 1.45. The number of rotatable bonds is 2. The minimum Gasteiger partial charge on any atom is -0.337 e. The van der Waals surface area contributed by atoms with E-state index in [4.69, 9.17) is 0 Å². The molecule has 0 unspecified atom stereocenters. The molecular weight excluding hydrogens is 278 g/mol. The van der Waals surface area contributed by atoms with Crippen molar-refractivity contribution < 1.29 is 4.79 Å². The number of carbonyl (C=O) groups excluding carboxylic acids is 1. The maximum absolute atomic E-state index is 11.9. The van der Waals surface area contributed by atoms with Gasteiger partial charge in [-0.2, -0.15) is 0 Å². The van der Waals surface area contributed by atoms with E-state index >= 15 is 0 Å². The van der Waals surface area contributed by atoms with E-state index in [1.54, 1.807) is 4.90 Å². The molecule has 4 rings (SSSR count). The molecule has 0 radical (unpaired) electrons. The number of nitrogens with one attached hydrogen (secondary N) is 2. The summed E-state index contributed by atoms with van der Waals surface area (Å²) in [5, 5.41) is 6.55. The number of hydrogen-bond donors (Lipinski definition) is 2. The van der Waals surface area contributed by atoms with Crippen molar-refractivity contribution >= 4 is 17.5 Å². The van der Waals surface area contributed by atoms with Gasteiger partial charge < -0.3 is 15.5 Å². The Balaban J connectivity index is 1.59. The Morgan fingerprint density at radius 2 is 2.23 bits per heavy atom. The van der Waals surface area contributed by atoms with E-state index in [0.717, 1.165) is 42.0 Å². The predicted molar refractivity (Wildman–Crippen MR) is 83.0 cm³/mol. The quantitative estimate of drug-likeness (QED) is 0.877. The van der Waals surface area contributed by atoms with Crippen LogP contribution in [-0.2, 0) is 19.5 Å². The van der Waals surface area contributed by atoms with Crippen molar-refractivity contribution in [3.05, 3.63) is 46.8 Å². The van der Waals surface area contributed by atoms with Crippen LogP contribution >= 0.6 is 0 Å². The summed E-state index contributed by atoms with van der Waals surface area (Å²) in [6, 6.07) is 5.76. The number of amides is 1. The van der Waals surface area contributed by atoms with E-state index in [2.05, 4.69) is 20.6 Å². The fourth-order valence-electron chi connectivity index (χ4n) is 2.97. The van der Waals surface area contributed by atoms with Gasteiger partial charge >= 0.3 is 0 Å². The highest BCUT2D eigenvalue weighted by Gasteiger charge is 2.24. The first-order valence-corrected chi connectivity index (χ1v) is 7.41. The number of benzene rings is 1. The minimum atomic E-state index is 0.0812. The van der Waals surface area contributed by atoms with E-state index in [9.17, 15) is 4.79 Å². The Morgan fingerprint density at radius 3 is 3.14 bits per heavy atom. The van der Waals surface area contributed by atoms with Crippen molar-refractivity contribution in [1.29, 1.82) is 0 Å². The first-order chi connectivity index (χ1) is 10.7. The summed E-state index contributed by atoms with van der Waals surface area (Å²) >= 11 is 0. The highest BCUT2D eigenvalue weighted by atomic mass is 16.2. The first kappa shape index (κ1) is 13.2. The van der Waals surface area contributed by atoms with Crippen LogP contribution in [0.3, 0.4) is 0 Å². The second-order valence-corrected chi connectivity index (χ2v) is 5.75. The second kappa shape index (κ2) is 5.06. The molecule has 0 saturated heterocycles. The highest BCUT2D eigenvalue weighted by molar-refractivity contribution is 5.98. The van der Waals surface area contributed by atoms with E-state index < -0.39 is 0 Å². The van der Waals surface area contributed by atoms with E-state index in [-0.39, 0.29) is 5.91 Å². The molecular formula is C16H17N5O. The zero-order valence-corrected chi connectivity index (χ0v) is 12.4. The smallest absolute Gasteiger partial charge is 0.254 e. The van der Waals surface area contributed by atoms with Crippen molar-refractivity contribution in [1.82, 2.24) is 20.2 Å². The minimum absolute atomic E-state index is 0.0812. The monoisotopic (exact) mass is 295 g/mol. The molecule has 0 atom stereocenters. The van der Waals surface area contributed by atoms with Gasteiger partial charge in [-0.1, -0.05) is 0 Å². The molecule has 2 aliphatic heterocycles. The Kier molecular flexibility index (Phi) is 3.04. The lowest BCUT2D eigenvalue weighted by Gasteiger charge is -2.16. The van der Waals surface area contributed by atoms with E-state index in [1.165, 1.54) is 5.56 Å². The van der Waals surface area contributed by atoms with Crippen LogP contribution in [0.25, 0.3) is 0 Å². The molecule has 112 valence electrons. The van der Waals surface area contributed by atoms with Gasteiger partial charge in [-0.3, -0.25) is 4.79 Å². The van der Waals surface area contributed by atoms with Gasteiger partial charge in [0.05, 0.1) is 5.69 Å². The van der Waals surface area contributed by atoms with Crippen molar-refractivity contribution in [2.75, 3.05) is 18.9 Å². The number of anilines is 2. The lowest BCUT2D eigenvalue weighted by molar-refractivity contribution is 0.0816. The van der Waals surface area contributed by atoms with Gasteiger partial charge in [0, 0.05) is 37.6 Å². The second-order valence-electron chi connectivity index (χ2n) is 5.75. The molecule has 2 aliphatic rings. The van der Waals surface area contributed by atoms with Gasteiger partial charge in [0.1, 0.15) is 0 Å². The van der Waals surface area contributed by atoms with Gasteiger partial charge in [-0.15, -0.1) is 0 Å². The van der Waals surface area contributed by atoms with Gasteiger partial charge in [-0.25, -0.2) is 9.97 Å². The fraction of sp³-hybridized carbons (Fsp3) is 0.312. The molecule has 1 aromatic carbocycles. The van der Waals surface area contributed by atoms with Crippen LogP contribution in [0.4, 0.5) is 11.6 Å². The standard InChI is InChI=1S/C16H17N5O/c1-21-9-11-6-12(2-3-13(11)15(21)22)19-16-18-7-10-4-5-17-8-14(10)20-16/h2-3,6-7,17H,4-5,8-9H2,1H3,(H,18,19,20). The molecule has 22 heavy (non-hydrogen) atoms. The number of fused-ring (bicyclic) bond motifs is 2. The summed E-state index contributed by atoms with van der Waals surface area (Å²) in [4.78, 5) is 22.6. The number of nitrogens with zero attached hydrogens (tertiary/aromatic N) is 3. The summed E-state index contributed by atoms with van der Waals surface area (Å²) < 4.78 is 0. The molecule has 2 aromatic rings. The van der Waals surface area contributed by atoms with Crippen molar-refractivity contribution in [3.63, 3.8) is 0 Å². The van der Waals surface area contributed by atoms with Gasteiger partial charge in [-0.05, 0) is 42.3 Å². The van der Waals surface area contributed by atoms with Crippen molar-refractivity contribution in [3.8, 4) is 0 Å². The Hall–Kier alpha value is -2.47. The van der Waals surface area contributed by atoms with Crippen molar-refractivity contribution in [2.45, 2.75) is 19.5 Å². The third-order valence-corrected chi connectivity index (χ3v) is 4.16. The normalized spacial score (nSPS) is 16.4. The Bertz CT molecular complexity index is 758. The lowest BCUT2D eigenvalue weighted by Crippen LogP contribution is -2.25. The molecule has 0 aliphatic carbocycles. The zero-order chi connectivity index (χ0) is 15.1. The summed E-state index contributed by atoms with van der Waals surface area (Å²) in [7, 11) is 1.81. The zero-order valence-electron chi connectivity index (χ0n) is 12.4. The topological polar surface area (TPSA) is 70.2 Å². The molecule has 0 fully saturated rings. The summed E-state index contributed by atoms with van der Waals surface area (Å²) in [5.74, 6) is 0.678. The van der Waals surface area contributed by atoms with Gasteiger partial charge in [0.15, 0.2) is 0 Å². The molecule has 0 bridgehead atoms.